The summed E-state index contributed by atoms with van der Waals surface area (Å²) < 4.78 is 28.8. The van der Waals surface area contributed by atoms with Gasteiger partial charge in [0.1, 0.15) is 0 Å². The van der Waals surface area contributed by atoms with E-state index in [2.05, 4.69) is 15.9 Å². The standard InChI is InChI=1S/C16H18BrO4P/c17-11-12-19-22(18,20-13-15-7-3-1-4-8-15)21-14-16-9-5-2-6-10-16/h1-10H,11-14H2. The lowest BCUT2D eigenvalue weighted by atomic mass is 10.2. The van der Waals surface area contributed by atoms with E-state index in [0.717, 1.165) is 11.1 Å². The van der Waals surface area contributed by atoms with Crippen molar-refractivity contribution in [3.8, 4) is 0 Å². The summed E-state index contributed by atoms with van der Waals surface area (Å²) in [5.74, 6) is 0. The normalized spacial score (nSPS) is 11.5. The first-order valence-electron chi connectivity index (χ1n) is 6.89. The van der Waals surface area contributed by atoms with E-state index < -0.39 is 7.82 Å². The number of benzene rings is 2. The van der Waals surface area contributed by atoms with Gasteiger partial charge in [0.05, 0.1) is 19.8 Å². The second-order valence-electron chi connectivity index (χ2n) is 4.49. The van der Waals surface area contributed by atoms with Crippen LogP contribution in [0.4, 0.5) is 0 Å². The van der Waals surface area contributed by atoms with Crippen LogP contribution in [0.3, 0.4) is 0 Å². The summed E-state index contributed by atoms with van der Waals surface area (Å²) in [6, 6.07) is 19.0. The number of phosphoric acid groups is 1. The van der Waals surface area contributed by atoms with Gasteiger partial charge in [-0.25, -0.2) is 4.57 Å². The predicted molar refractivity (Wildman–Crippen MR) is 89.8 cm³/mol. The Balaban J connectivity index is 1.95. The molecule has 2 aromatic carbocycles. The first kappa shape index (κ1) is 17.4. The van der Waals surface area contributed by atoms with Crippen LogP contribution < -0.4 is 0 Å². The van der Waals surface area contributed by atoms with Crippen molar-refractivity contribution in [1.82, 2.24) is 0 Å². The maximum absolute atomic E-state index is 12.6. The maximum atomic E-state index is 12.6. The van der Waals surface area contributed by atoms with Crippen LogP contribution in [0.15, 0.2) is 60.7 Å². The van der Waals surface area contributed by atoms with Gasteiger partial charge in [-0.2, -0.15) is 0 Å². The average Bonchev–Trinajstić information content (AvgIpc) is 2.59. The molecule has 0 radical (unpaired) electrons. The van der Waals surface area contributed by atoms with E-state index in [1.54, 1.807) is 0 Å². The zero-order valence-electron chi connectivity index (χ0n) is 12.1. The van der Waals surface area contributed by atoms with Gasteiger partial charge in [-0.15, -0.1) is 0 Å². The molecule has 0 bridgehead atoms. The summed E-state index contributed by atoms with van der Waals surface area (Å²) in [4.78, 5) is 0. The molecule has 0 fully saturated rings. The minimum atomic E-state index is -3.60. The van der Waals surface area contributed by atoms with Crippen LogP contribution in [0.1, 0.15) is 11.1 Å². The second-order valence-corrected chi connectivity index (χ2v) is 6.95. The van der Waals surface area contributed by atoms with Crippen molar-refractivity contribution in [2.24, 2.45) is 0 Å². The number of alkyl halides is 1. The molecule has 0 unspecified atom stereocenters. The molecule has 2 rings (SSSR count). The Hall–Kier alpha value is -0.970. The number of halogens is 1. The van der Waals surface area contributed by atoms with Gasteiger partial charge in [0.2, 0.25) is 0 Å². The highest BCUT2D eigenvalue weighted by Gasteiger charge is 2.26. The van der Waals surface area contributed by atoms with Crippen molar-refractivity contribution >= 4 is 23.8 Å². The molecule has 0 heterocycles. The molecule has 0 aliphatic rings. The lowest BCUT2D eigenvalue weighted by Gasteiger charge is -2.17. The van der Waals surface area contributed by atoms with E-state index in [-0.39, 0.29) is 19.8 Å². The SMILES string of the molecule is O=P(OCCBr)(OCc1ccccc1)OCc1ccccc1. The van der Waals surface area contributed by atoms with Crippen molar-refractivity contribution in [1.29, 1.82) is 0 Å². The summed E-state index contributed by atoms with van der Waals surface area (Å²) in [5, 5.41) is 0.556. The zero-order chi connectivity index (χ0) is 15.7. The molecule has 0 atom stereocenters. The summed E-state index contributed by atoms with van der Waals surface area (Å²) in [6.45, 7) is 0.602. The van der Waals surface area contributed by atoms with Gasteiger partial charge in [0.25, 0.3) is 0 Å². The molecule has 0 spiro atoms. The Kier molecular flexibility index (Phi) is 7.30. The first-order chi connectivity index (χ1) is 10.7. The van der Waals surface area contributed by atoms with Crippen LogP contribution in [-0.2, 0) is 31.4 Å². The van der Waals surface area contributed by atoms with Crippen LogP contribution in [0, 0.1) is 0 Å². The molecule has 2 aromatic rings. The maximum Gasteiger partial charge on any atom is 0.475 e. The average molecular weight is 385 g/mol. The fourth-order valence-electron chi connectivity index (χ4n) is 1.71. The molecule has 0 aromatic heterocycles. The summed E-state index contributed by atoms with van der Waals surface area (Å²) in [6.07, 6.45) is 0. The molecule has 6 heteroatoms. The van der Waals surface area contributed by atoms with Crippen molar-refractivity contribution in [3.63, 3.8) is 0 Å². The molecule has 4 nitrogen and oxygen atoms in total. The van der Waals surface area contributed by atoms with Crippen LogP contribution in [0.2, 0.25) is 0 Å². The molecular weight excluding hydrogens is 367 g/mol. The van der Waals surface area contributed by atoms with Gasteiger partial charge in [0.15, 0.2) is 0 Å². The first-order valence-corrected chi connectivity index (χ1v) is 9.47. The molecule has 0 amide bonds. The lowest BCUT2D eigenvalue weighted by molar-refractivity contribution is 0.108. The third kappa shape index (κ3) is 6.03. The number of rotatable bonds is 9. The Bertz CT molecular complexity index is 544. The third-order valence-electron chi connectivity index (χ3n) is 2.79. The third-order valence-corrected chi connectivity index (χ3v) is 4.50. The van der Waals surface area contributed by atoms with E-state index >= 15 is 0 Å². The van der Waals surface area contributed by atoms with Crippen molar-refractivity contribution in [2.45, 2.75) is 13.2 Å². The highest BCUT2D eigenvalue weighted by atomic mass is 79.9. The molecule has 0 aliphatic heterocycles. The highest BCUT2D eigenvalue weighted by Crippen LogP contribution is 2.50. The molecule has 0 aliphatic carbocycles. The quantitative estimate of drug-likeness (QED) is 0.453. The predicted octanol–water partition coefficient (Wildman–Crippen LogP) is 4.94. The van der Waals surface area contributed by atoms with E-state index in [4.69, 9.17) is 13.6 Å². The van der Waals surface area contributed by atoms with Crippen LogP contribution in [-0.4, -0.2) is 11.9 Å². The lowest BCUT2D eigenvalue weighted by Crippen LogP contribution is -2.03. The molecule has 0 N–H and O–H groups in total. The van der Waals surface area contributed by atoms with Gasteiger partial charge in [-0.3, -0.25) is 13.6 Å². The summed E-state index contributed by atoms with van der Waals surface area (Å²) >= 11 is 3.24. The van der Waals surface area contributed by atoms with Crippen molar-refractivity contribution in [2.75, 3.05) is 11.9 Å². The topological polar surface area (TPSA) is 44.8 Å². The van der Waals surface area contributed by atoms with Gasteiger partial charge in [0, 0.05) is 5.33 Å². The number of phosphoric ester groups is 1. The second kappa shape index (κ2) is 9.23. The fraction of sp³-hybridized carbons (Fsp3) is 0.250. The van der Waals surface area contributed by atoms with E-state index in [0.29, 0.717) is 5.33 Å². The van der Waals surface area contributed by atoms with Crippen molar-refractivity contribution in [3.05, 3.63) is 71.8 Å². The zero-order valence-corrected chi connectivity index (χ0v) is 14.5. The number of hydrogen-bond donors (Lipinski definition) is 0. The molecule has 22 heavy (non-hydrogen) atoms. The van der Waals surface area contributed by atoms with E-state index in [1.165, 1.54) is 0 Å². The Morgan fingerprint density at radius 2 is 1.23 bits per heavy atom. The Morgan fingerprint density at radius 1 is 0.773 bits per heavy atom. The minimum absolute atomic E-state index is 0.176. The van der Waals surface area contributed by atoms with Gasteiger partial charge < -0.3 is 0 Å². The minimum Gasteiger partial charge on any atom is -0.286 e. The molecule has 0 saturated carbocycles. The largest absolute Gasteiger partial charge is 0.475 e. The smallest absolute Gasteiger partial charge is 0.286 e. The van der Waals surface area contributed by atoms with E-state index in [1.807, 2.05) is 60.7 Å². The highest BCUT2D eigenvalue weighted by molar-refractivity contribution is 9.09. The Labute approximate surface area is 139 Å². The monoisotopic (exact) mass is 384 g/mol. The Morgan fingerprint density at radius 3 is 1.64 bits per heavy atom. The van der Waals surface area contributed by atoms with Gasteiger partial charge >= 0.3 is 7.82 Å². The van der Waals surface area contributed by atoms with Crippen LogP contribution >= 0.6 is 23.8 Å². The molecular formula is C16H18BrO4P. The van der Waals surface area contributed by atoms with E-state index in [9.17, 15) is 4.57 Å². The van der Waals surface area contributed by atoms with Crippen LogP contribution in [0.5, 0.6) is 0 Å². The molecule has 118 valence electrons. The van der Waals surface area contributed by atoms with Gasteiger partial charge in [-0.05, 0) is 11.1 Å². The summed E-state index contributed by atoms with van der Waals surface area (Å²) in [5.41, 5.74) is 1.82. The van der Waals surface area contributed by atoms with Crippen LogP contribution in [0.25, 0.3) is 0 Å². The number of hydrogen-bond acceptors (Lipinski definition) is 4. The van der Waals surface area contributed by atoms with Crippen molar-refractivity contribution < 1.29 is 18.1 Å². The summed E-state index contributed by atoms with van der Waals surface area (Å²) in [7, 11) is -3.60. The van der Waals surface area contributed by atoms with Gasteiger partial charge in [-0.1, -0.05) is 76.6 Å². The molecule has 0 saturated heterocycles. The fourth-order valence-corrected chi connectivity index (χ4v) is 3.28.